The Balaban J connectivity index is 1.68. The van der Waals surface area contributed by atoms with Crippen LogP contribution in [-0.4, -0.2) is 11.8 Å². The van der Waals surface area contributed by atoms with E-state index in [1.165, 1.54) is 12.5 Å². The molecule has 0 fully saturated rings. The number of rotatable bonds is 6. The SMILES string of the molecule is CC(=O)Nc1ccc(NC(=O)c2ccccc2SCc2ccsc2)cc1. The quantitative estimate of drug-likeness (QED) is 0.572. The first-order chi connectivity index (χ1) is 12.6. The molecule has 2 N–H and O–H groups in total. The Morgan fingerprint density at radius 2 is 1.65 bits per heavy atom. The molecule has 0 spiro atoms. The molecule has 1 heterocycles. The third-order valence-electron chi connectivity index (χ3n) is 3.57. The molecule has 1 aromatic heterocycles. The van der Waals surface area contributed by atoms with Gasteiger partial charge in [-0.1, -0.05) is 12.1 Å². The standard InChI is InChI=1S/C20H18N2O2S2/c1-14(23)21-16-6-8-17(9-7-16)22-20(24)18-4-2-3-5-19(18)26-13-15-10-11-25-12-15/h2-12H,13H2,1H3,(H,21,23)(H,22,24). The van der Waals surface area contributed by atoms with Crippen molar-refractivity contribution < 1.29 is 9.59 Å². The molecule has 0 saturated carbocycles. The van der Waals surface area contributed by atoms with Gasteiger partial charge in [-0.3, -0.25) is 9.59 Å². The Morgan fingerprint density at radius 3 is 2.31 bits per heavy atom. The van der Waals surface area contributed by atoms with E-state index < -0.39 is 0 Å². The van der Waals surface area contributed by atoms with E-state index >= 15 is 0 Å². The maximum Gasteiger partial charge on any atom is 0.256 e. The summed E-state index contributed by atoms with van der Waals surface area (Å²) in [6, 6.07) is 16.7. The van der Waals surface area contributed by atoms with Gasteiger partial charge in [-0.2, -0.15) is 11.3 Å². The minimum Gasteiger partial charge on any atom is -0.326 e. The van der Waals surface area contributed by atoms with Gasteiger partial charge in [0.05, 0.1) is 5.56 Å². The predicted octanol–water partition coefficient (Wildman–Crippen LogP) is 5.25. The van der Waals surface area contributed by atoms with Gasteiger partial charge < -0.3 is 10.6 Å². The lowest BCUT2D eigenvalue weighted by atomic mass is 10.2. The topological polar surface area (TPSA) is 58.2 Å². The van der Waals surface area contributed by atoms with Gasteiger partial charge in [0, 0.05) is 28.9 Å². The zero-order chi connectivity index (χ0) is 18.4. The van der Waals surface area contributed by atoms with Gasteiger partial charge in [0.15, 0.2) is 0 Å². The maximum absolute atomic E-state index is 12.7. The van der Waals surface area contributed by atoms with E-state index in [1.807, 2.05) is 24.3 Å². The van der Waals surface area contributed by atoms with E-state index in [-0.39, 0.29) is 11.8 Å². The summed E-state index contributed by atoms with van der Waals surface area (Å²) in [6.45, 7) is 1.46. The van der Waals surface area contributed by atoms with Gasteiger partial charge >= 0.3 is 0 Å². The van der Waals surface area contributed by atoms with Crippen molar-refractivity contribution in [1.82, 2.24) is 0 Å². The molecule has 0 saturated heterocycles. The van der Waals surface area contributed by atoms with Crippen LogP contribution in [0.3, 0.4) is 0 Å². The molecule has 3 aromatic rings. The fraction of sp³-hybridized carbons (Fsp3) is 0.100. The van der Waals surface area contributed by atoms with Crippen molar-refractivity contribution in [3.63, 3.8) is 0 Å². The van der Waals surface area contributed by atoms with Crippen LogP contribution in [0.25, 0.3) is 0 Å². The Bertz CT molecular complexity index is 890. The Hall–Kier alpha value is -2.57. The van der Waals surface area contributed by atoms with Gasteiger partial charge in [-0.05, 0) is 58.8 Å². The van der Waals surface area contributed by atoms with Crippen LogP contribution in [0.5, 0.6) is 0 Å². The summed E-state index contributed by atoms with van der Waals surface area (Å²) < 4.78 is 0. The summed E-state index contributed by atoms with van der Waals surface area (Å²) in [4.78, 5) is 24.7. The third kappa shape index (κ3) is 4.97. The fourth-order valence-corrected chi connectivity index (χ4v) is 4.12. The van der Waals surface area contributed by atoms with Crippen molar-refractivity contribution in [3.8, 4) is 0 Å². The van der Waals surface area contributed by atoms with Crippen molar-refractivity contribution in [3.05, 3.63) is 76.5 Å². The number of carbonyl (C=O) groups is 2. The van der Waals surface area contributed by atoms with Crippen molar-refractivity contribution in [2.45, 2.75) is 17.6 Å². The molecular weight excluding hydrogens is 364 g/mol. The summed E-state index contributed by atoms with van der Waals surface area (Å²) in [6.07, 6.45) is 0. The van der Waals surface area contributed by atoms with Crippen molar-refractivity contribution in [2.75, 3.05) is 10.6 Å². The van der Waals surface area contributed by atoms with Crippen molar-refractivity contribution in [1.29, 1.82) is 0 Å². The number of thiophene rings is 1. The van der Waals surface area contributed by atoms with Gasteiger partial charge in [0.1, 0.15) is 0 Å². The molecule has 0 bridgehead atoms. The largest absolute Gasteiger partial charge is 0.326 e. The first-order valence-electron chi connectivity index (χ1n) is 8.04. The minimum absolute atomic E-state index is 0.127. The van der Waals surface area contributed by atoms with Gasteiger partial charge in [-0.15, -0.1) is 11.8 Å². The second-order valence-electron chi connectivity index (χ2n) is 5.63. The summed E-state index contributed by atoms with van der Waals surface area (Å²) in [5, 5.41) is 9.78. The summed E-state index contributed by atoms with van der Waals surface area (Å²) in [5.74, 6) is 0.559. The molecule has 132 valence electrons. The lowest BCUT2D eigenvalue weighted by Gasteiger charge is -2.10. The van der Waals surface area contributed by atoms with Gasteiger partial charge in [0.2, 0.25) is 5.91 Å². The monoisotopic (exact) mass is 382 g/mol. The molecular formula is C20H18N2O2S2. The molecule has 26 heavy (non-hydrogen) atoms. The normalized spacial score (nSPS) is 10.3. The second-order valence-corrected chi connectivity index (χ2v) is 7.43. The van der Waals surface area contributed by atoms with Crippen LogP contribution >= 0.6 is 23.1 Å². The zero-order valence-electron chi connectivity index (χ0n) is 14.2. The minimum atomic E-state index is -0.148. The molecule has 6 heteroatoms. The van der Waals surface area contributed by atoms with Crippen LogP contribution in [0.1, 0.15) is 22.8 Å². The van der Waals surface area contributed by atoms with Crippen molar-refractivity contribution in [2.24, 2.45) is 0 Å². The van der Waals surface area contributed by atoms with Crippen molar-refractivity contribution >= 4 is 46.3 Å². The fourth-order valence-electron chi connectivity index (χ4n) is 2.35. The zero-order valence-corrected chi connectivity index (χ0v) is 15.8. The average molecular weight is 383 g/mol. The average Bonchev–Trinajstić information content (AvgIpc) is 3.15. The smallest absolute Gasteiger partial charge is 0.256 e. The Labute approximate surface area is 160 Å². The van der Waals surface area contributed by atoms with E-state index in [0.29, 0.717) is 16.9 Å². The molecule has 0 radical (unpaired) electrons. The molecule has 0 aliphatic heterocycles. The van der Waals surface area contributed by atoms with Crippen LogP contribution in [-0.2, 0) is 10.5 Å². The molecule has 2 aromatic carbocycles. The molecule has 0 aliphatic carbocycles. The molecule has 3 rings (SSSR count). The number of hydrogen-bond acceptors (Lipinski definition) is 4. The highest BCUT2D eigenvalue weighted by atomic mass is 32.2. The first-order valence-corrected chi connectivity index (χ1v) is 9.96. The second kappa shape index (κ2) is 8.69. The van der Waals surface area contributed by atoms with Gasteiger partial charge in [0.25, 0.3) is 5.91 Å². The van der Waals surface area contributed by atoms with E-state index in [9.17, 15) is 9.59 Å². The molecule has 0 unspecified atom stereocenters. The van der Waals surface area contributed by atoms with Gasteiger partial charge in [-0.25, -0.2) is 0 Å². The molecule has 4 nitrogen and oxygen atoms in total. The van der Waals surface area contributed by atoms with E-state index in [0.717, 1.165) is 10.6 Å². The molecule has 0 aliphatic rings. The number of nitrogens with one attached hydrogen (secondary N) is 2. The third-order valence-corrected chi connectivity index (χ3v) is 5.45. The van der Waals surface area contributed by atoms with E-state index in [1.54, 1.807) is 47.4 Å². The number of carbonyl (C=O) groups excluding carboxylic acids is 2. The van der Waals surface area contributed by atoms with E-state index in [4.69, 9.17) is 0 Å². The Kier molecular flexibility index (Phi) is 6.09. The summed E-state index contributed by atoms with van der Waals surface area (Å²) >= 11 is 3.32. The number of benzene rings is 2. The van der Waals surface area contributed by atoms with Crippen LogP contribution in [0.2, 0.25) is 0 Å². The highest BCUT2D eigenvalue weighted by molar-refractivity contribution is 7.98. The van der Waals surface area contributed by atoms with Crippen LogP contribution in [0, 0.1) is 0 Å². The van der Waals surface area contributed by atoms with Crippen LogP contribution < -0.4 is 10.6 Å². The lowest BCUT2D eigenvalue weighted by Crippen LogP contribution is -2.13. The molecule has 2 amide bonds. The van der Waals surface area contributed by atoms with Crippen LogP contribution in [0.15, 0.2) is 70.3 Å². The summed E-state index contributed by atoms with van der Waals surface area (Å²) in [5.41, 5.74) is 3.28. The summed E-state index contributed by atoms with van der Waals surface area (Å²) in [7, 11) is 0. The number of thioether (sulfide) groups is 1. The number of amides is 2. The number of anilines is 2. The van der Waals surface area contributed by atoms with E-state index in [2.05, 4.69) is 27.5 Å². The highest BCUT2D eigenvalue weighted by Crippen LogP contribution is 2.27. The number of hydrogen-bond donors (Lipinski definition) is 2. The Morgan fingerprint density at radius 1 is 0.962 bits per heavy atom. The van der Waals surface area contributed by atoms with Crippen LogP contribution in [0.4, 0.5) is 11.4 Å². The maximum atomic E-state index is 12.7. The molecule has 0 atom stereocenters. The highest BCUT2D eigenvalue weighted by Gasteiger charge is 2.12. The predicted molar refractivity (Wildman–Crippen MR) is 109 cm³/mol. The first kappa shape index (κ1) is 18.2. The lowest BCUT2D eigenvalue weighted by molar-refractivity contribution is -0.114.